The first-order valence-corrected chi connectivity index (χ1v) is 5.62. The third kappa shape index (κ3) is 8.93. The monoisotopic (exact) mass is 254 g/mol. The SMILES string of the molecule is O=C(COCC(F)(F)F)NCCCNC1CC1. The average Bonchev–Trinajstić information content (AvgIpc) is 2.99. The molecule has 0 radical (unpaired) electrons. The number of amides is 1. The molecule has 0 aliphatic heterocycles. The van der Waals surface area contributed by atoms with E-state index in [0.29, 0.717) is 12.6 Å². The Morgan fingerprint density at radius 1 is 1.29 bits per heavy atom. The molecule has 1 aliphatic carbocycles. The Morgan fingerprint density at radius 3 is 2.59 bits per heavy atom. The summed E-state index contributed by atoms with van der Waals surface area (Å²) in [6, 6.07) is 0.626. The first-order chi connectivity index (χ1) is 7.97. The topological polar surface area (TPSA) is 50.4 Å². The van der Waals surface area contributed by atoms with E-state index in [1.165, 1.54) is 12.8 Å². The van der Waals surface area contributed by atoms with E-state index in [0.717, 1.165) is 13.0 Å². The standard InChI is InChI=1S/C10H17F3N2O2/c11-10(12,13)7-17-6-9(16)15-5-1-4-14-8-2-3-8/h8,14H,1-7H2,(H,15,16). The minimum atomic E-state index is -4.38. The van der Waals surface area contributed by atoms with E-state index in [1.54, 1.807) is 0 Å². The van der Waals surface area contributed by atoms with Crippen LogP contribution in [0.4, 0.5) is 13.2 Å². The molecule has 0 unspecified atom stereocenters. The summed E-state index contributed by atoms with van der Waals surface area (Å²) >= 11 is 0. The fourth-order valence-corrected chi connectivity index (χ4v) is 1.22. The molecular formula is C10H17F3N2O2. The molecule has 1 aliphatic rings. The highest BCUT2D eigenvalue weighted by Crippen LogP contribution is 2.18. The third-order valence-corrected chi connectivity index (χ3v) is 2.18. The second-order valence-corrected chi connectivity index (χ2v) is 4.04. The normalized spacial score (nSPS) is 15.9. The zero-order valence-electron chi connectivity index (χ0n) is 9.48. The van der Waals surface area contributed by atoms with Crippen molar-refractivity contribution >= 4 is 5.91 Å². The predicted octanol–water partition coefficient (Wildman–Crippen LogP) is 0.824. The van der Waals surface area contributed by atoms with Crippen LogP contribution in [0.2, 0.25) is 0 Å². The number of halogens is 3. The number of nitrogens with one attached hydrogen (secondary N) is 2. The molecule has 0 spiro atoms. The van der Waals surface area contributed by atoms with Crippen molar-refractivity contribution in [1.82, 2.24) is 10.6 Å². The molecule has 1 rings (SSSR count). The summed E-state index contributed by atoms with van der Waals surface area (Å²) in [5.41, 5.74) is 0. The lowest BCUT2D eigenvalue weighted by Gasteiger charge is -2.08. The number of hydrogen-bond acceptors (Lipinski definition) is 3. The lowest BCUT2D eigenvalue weighted by Crippen LogP contribution is -2.32. The highest BCUT2D eigenvalue weighted by molar-refractivity contribution is 5.77. The van der Waals surface area contributed by atoms with Gasteiger partial charge in [-0.2, -0.15) is 13.2 Å². The molecule has 1 saturated carbocycles. The molecule has 0 aromatic heterocycles. The van der Waals surface area contributed by atoms with Gasteiger partial charge in [-0.05, 0) is 25.8 Å². The van der Waals surface area contributed by atoms with Gasteiger partial charge in [0.1, 0.15) is 13.2 Å². The van der Waals surface area contributed by atoms with Crippen LogP contribution in [0.25, 0.3) is 0 Å². The number of ether oxygens (including phenoxy) is 1. The Kier molecular flexibility index (Phi) is 5.70. The number of alkyl halides is 3. The maximum atomic E-state index is 11.7. The first-order valence-electron chi connectivity index (χ1n) is 5.62. The fraction of sp³-hybridized carbons (Fsp3) is 0.900. The molecule has 100 valence electrons. The Labute approximate surface area is 97.9 Å². The Morgan fingerprint density at radius 2 is 2.00 bits per heavy atom. The Bertz CT molecular complexity index is 242. The molecule has 0 bridgehead atoms. The number of rotatable bonds is 8. The van der Waals surface area contributed by atoms with Crippen molar-refractivity contribution in [3.05, 3.63) is 0 Å². The first kappa shape index (κ1) is 14.2. The predicted molar refractivity (Wildman–Crippen MR) is 55.5 cm³/mol. The zero-order valence-corrected chi connectivity index (χ0v) is 9.48. The van der Waals surface area contributed by atoms with Gasteiger partial charge in [-0.25, -0.2) is 0 Å². The van der Waals surface area contributed by atoms with Crippen LogP contribution >= 0.6 is 0 Å². The molecule has 2 N–H and O–H groups in total. The van der Waals surface area contributed by atoms with Crippen LogP contribution in [0.1, 0.15) is 19.3 Å². The van der Waals surface area contributed by atoms with Crippen LogP contribution in [-0.4, -0.2) is 44.4 Å². The Hall–Kier alpha value is -0.820. The summed E-state index contributed by atoms with van der Waals surface area (Å²) < 4.78 is 39.2. The maximum Gasteiger partial charge on any atom is 0.411 e. The average molecular weight is 254 g/mol. The number of carbonyl (C=O) groups excluding carboxylic acids is 1. The summed E-state index contributed by atoms with van der Waals surface area (Å²) in [7, 11) is 0. The van der Waals surface area contributed by atoms with Gasteiger partial charge < -0.3 is 15.4 Å². The molecule has 0 atom stereocenters. The van der Waals surface area contributed by atoms with Gasteiger partial charge >= 0.3 is 6.18 Å². The van der Waals surface area contributed by atoms with Gasteiger partial charge in [-0.1, -0.05) is 0 Å². The highest BCUT2D eigenvalue weighted by atomic mass is 19.4. The zero-order chi connectivity index (χ0) is 12.7. The van der Waals surface area contributed by atoms with E-state index < -0.39 is 25.3 Å². The van der Waals surface area contributed by atoms with Gasteiger partial charge in [-0.3, -0.25) is 4.79 Å². The van der Waals surface area contributed by atoms with Crippen LogP contribution in [0.3, 0.4) is 0 Å². The van der Waals surface area contributed by atoms with Crippen molar-refractivity contribution in [3.63, 3.8) is 0 Å². The largest absolute Gasteiger partial charge is 0.411 e. The fourth-order valence-electron chi connectivity index (χ4n) is 1.22. The van der Waals surface area contributed by atoms with Crippen LogP contribution in [0.15, 0.2) is 0 Å². The quantitative estimate of drug-likeness (QED) is 0.631. The van der Waals surface area contributed by atoms with Gasteiger partial charge in [0.05, 0.1) is 0 Å². The van der Waals surface area contributed by atoms with Gasteiger partial charge in [0.15, 0.2) is 0 Å². The molecule has 0 aromatic rings. The molecule has 7 heteroatoms. The van der Waals surface area contributed by atoms with Gasteiger partial charge in [0, 0.05) is 12.6 Å². The highest BCUT2D eigenvalue weighted by Gasteiger charge is 2.27. The number of carbonyl (C=O) groups is 1. The lowest BCUT2D eigenvalue weighted by molar-refractivity contribution is -0.175. The van der Waals surface area contributed by atoms with Crippen molar-refractivity contribution < 1.29 is 22.7 Å². The van der Waals surface area contributed by atoms with Gasteiger partial charge in [0.2, 0.25) is 5.91 Å². The number of hydrogen-bond donors (Lipinski definition) is 2. The van der Waals surface area contributed by atoms with E-state index in [1.807, 2.05) is 0 Å². The van der Waals surface area contributed by atoms with E-state index in [-0.39, 0.29) is 0 Å². The molecule has 1 amide bonds. The van der Waals surface area contributed by atoms with Crippen molar-refractivity contribution in [2.24, 2.45) is 0 Å². The van der Waals surface area contributed by atoms with Crippen LogP contribution in [0, 0.1) is 0 Å². The molecule has 1 fully saturated rings. The van der Waals surface area contributed by atoms with Crippen LogP contribution in [-0.2, 0) is 9.53 Å². The minimum absolute atomic E-state index is 0.452. The summed E-state index contributed by atoms with van der Waals surface area (Å²) in [4.78, 5) is 11.0. The van der Waals surface area contributed by atoms with Gasteiger partial charge in [-0.15, -0.1) is 0 Å². The summed E-state index contributed by atoms with van der Waals surface area (Å²) in [5.74, 6) is -0.513. The summed E-state index contributed by atoms with van der Waals surface area (Å²) in [6.45, 7) is -0.665. The van der Waals surface area contributed by atoms with Crippen LogP contribution < -0.4 is 10.6 Å². The van der Waals surface area contributed by atoms with Crippen molar-refractivity contribution in [2.45, 2.75) is 31.5 Å². The summed E-state index contributed by atoms with van der Waals surface area (Å²) in [5, 5.41) is 5.75. The van der Waals surface area contributed by atoms with E-state index in [9.17, 15) is 18.0 Å². The molecule has 4 nitrogen and oxygen atoms in total. The van der Waals surface area contributed by atoms with E-state index in [4.69, 9.17) is 0 Å². The molecular weight excluding hydrogens is 237 g/mol. The molecule has 0 aromatic carbocycles. The van der Waals surface area contributed by atoms with E-state index >= 15 is 0 Å². The van der Waals surface area contributed by atoms with Crippen molar-refractivity contribution in [1.29, 1.82) is 0 Å². The smallest absolute Gasteiger partial charge is 0.362 e. The molecule has 0 saturated heterocycles. The Balaban J connectivity index is 1.86. The van der Waals surface area contributed by atoms with Crippen molar-refractivity contribution in [3.8, 4) is 0 Å². The molecule has 17 heavy (non-hydrogen) atoms. The van der Waals surface area contributed by atoms with Crippen molar-refractivity contribution in [2.75, 3.05) is 26.3 Å². The van der Waals surface area contributed by atoms with Gasteiger partial charge in [0.25, 0.3) is 0 Å². The summed E-state index contributed by atoms with van der Waals surface area (Å²) in [6.07, 6.45) is -1.20. The minimum Gasteiger partial charge on any atom is -0.362 e. The lowest BCUT2D eigenvalue weighted by atomic mass is 10.4. The second kappa shape index (κ2) is 6.80. The molecule has 0 heterocycles. The van der Waals surface area contributed by atoms with Crippen LogP contribution in [0.5, 0.6) is 0 Å². The maximum absolute atomic E-state index is 11.7. The second-order valence-electron chi connectivity index (χ2n) is 4.04. The third-order valence-electron chi connectivity index (χ3n) is 2.18. The van der Waals surface area contributed by atoms with E-state index in [2.05, 4.69) is 15.4 Å².